The van der Waals surface area contributed by atoms with Gasteiger partial charge in [0.05, 0.1) is 11.0 Å². The van der Waals surface area contributed by atoms with Crippen molar-refractivity contribution in [3.05, 3.63) is 50.8 Å². The highest BCUT2D eigenvalue weighted by atomic mass is 79.9. The monoisotopic (exact) mass is 359 g/mol. The lowest BCUT2D eigenvalue weighted by molar-refractivity contribution is 0.450. The number of phenols is 1. The fourth-order valence-electron chi connectivity index (χ4n) is 1.46. The maximum atomic E-state index is 9.58. The Morgan fingerprint density at radius 3 is 2.59 bits per heavy atom. The Balaban J connectivity index is 1.90. The quantitative estimate of drug-likeness (QED) is 0.871. The van der Waals surface area contributed by atoms with E-state index in [-0.39, 0.29) is 0 Å². The first-order chi connectivity index (χ1) is 8.16. The van der Waals surface area contributed by atoms with Crippen LogP contribution in [0.15, 0.2) is 43.9 Å². The number of hydrogen-bond donors (Lipinski definition) is 2. The number of phenolic OH excluding ortho intramolecular Hbond substituents is 1. The lowest BCUT2D eigenvalue weighted by Gasteiger charge is -2.04. The van der Waals surface area contributed by atoms with E-state index in [1.165, 1.54) is 0 Å². The molecule has 0 saturated heterocycles. The van der Waals surface area contributed by atoms with Gasteiger partial charge < -0.3 is 14.8 Å². The van der Waals surface area contributed by atoms with E-state index in [1.807, 2.05) is 18.2 Å². The van der Waals surface area contributed by atoms with Gasteiger partial charge in [-0.15, -0.1) is 0 Å². The van der Waals surface area contributed by atoms with Crippen molar-refractivity contribution in [2.24, 2.45) is 0 Å². The minimum Gasteiger partial charge on any atom is -0.508 e. The lowest BCUT2D eigenvalue weighted by Crippen LogP contribution is -2.12. The molecule has 17 heavy (non-hydrogen) atoms. The summed E-state index contributed by atoms with van der Waals surface area (Å²) < 4.78 is 7.02. The first-order valence-corrected chi connectivity index (χ1v) is 6.66. The number of hydrogen-bond acceptors (Lipinski definition) is 3. The molecule has 1 heterocycles. The van der Waals surface area contributed by atoms with Crippen LogP contribution < -0.4 is 5.32 Å². The van der Waals surface area contributed by atoms with Crippen LogP contribution in [0.5, 0.6) is 5.75 Å². The SMILES string of the molecule is Oc1ccccc1CNCc1cc(Br)c(Br)o1. The molecule has 3 nitrogen and oxygen atoms in total. The molecule has 0 radical (unpaired) electrons. The Bertz CT molecular complexity index is 491. The molecule has 1 aromatic carbocycles. The molecule has 90 valence electrons. The number of para-hydroxylation sites is 1. The topological polar surface area (TPSA) is 45.4 Å². The predicted molar refractivity (Wildman–Crippen MR) is 72.8 cm³/mol. The van der Waals surface area contributed by atoms with E-state index in [0.717, 1.165) is 15.8 Å². The Hall–Kier alpha value is -0.780. The Morgan fingerprint density at radius 2 is 1.94 bits per heavy atom. The second kappa shape index (κ2) is 5.71. The fraction of sp³-hybridized carbons (Fsp3) is 0.167. The van der Waals surface area contributed by atoms with E-state index >= 15 is 0 Å². The summed E-state index contributed by atoms with van der Waals surface area (Å²) >= 11 is 6.64. The van der Waals surface area contributed by atoms with Gasteiger partial charge in [0, 0.05) is 12.1 Å². The van der Waals surface area contributed by atoms with Crippen molar-refractivity contribution in [1.82, 2.24) is 5.32 Å². The van der Waals surface area contributed by atoms with Crippen LogP contribution in [-0.4, -0.2) is 5.11 Å². The summed E-state index contributed by atoms with van der Waals surface area (Å²) in [5, 5.41) is 12.8. The van der Waals surface area contributed by atoms with E-state index in [1.54, 1.807) is 12.1 Å². The zero-order valence-corrected chi connectivity index (χ0v) is 12.1. The number of benzene rings is 1. The van der Waals surface area contributed by atoms with Gasteiger partial charge in [-0.2, -0.15) is 0 Å². The summed E-state index contributed by atoms with van der Waals surface area (Å²) in [7, 11) is 0. The number of aromatic hydroxyl groups is 1. The second-order valence-corrected chi connectivity index (χ2v) is 5.14. The Labute approximate surface area is 116 Å². The third kappa shape index (κ3) is 3.34. The zero-order valence-electron chi connectivity index (χ0n) is 8.91. The van der Waals surface area contributed by atoms with Crippen LogP contribution in [0.25, 0.3) is 0 Å². The van der Waals surface area contributed by atoms with Gasteiger partial charge in [-0.1, -0.05) is 18.2 Å². The average Bonchev–Trinajstić information content (AvgIpc) is 2.61. The van der Waals surface area contributed by atoms with E-state index in [4.69, 9.17) is 4.42 Å². The van der Waals surface area contributed by atoms with Gasteiger partial charge in [-0.25, -0.2) is 0 Å². The molecule has 5 heteroatoms. The maximum Gasteiger partial charge on any atom is 0.183 e. The summed E-state index contributed by atoms with van der Waals surface area (Å²) in [6.07, 6.45) is 0. The van der Waals surface area contributed by atoms with Crippen LogP contribution in [0.4, 0.5) is 0 Å². The van der Waals surface area contributed by atoms with Crippen LogP contribution in [0, 0.1) is 0 Å². The molecule has 0 amide bonds. The van der Waals surface area contributed by atoms with Gasteiger partial charge in [-0.3, -0.25) is 0 Å². The zero-order chi connectivity index (χ0) is 12.3. The van der Waals surface area contributed by atoms with Gasteiger partial charge in [0.25, 0.3) is 0 Å². The van der Waals surface area contributed by atoms with Gasteiger partial charge in [-0.05, 0) is 44.0 Å². The highest BCUT2D eigenvalue weighted by Crippen LogP contribution is 2.26. The smallest absolute Gasteiger partial charge is 0.183 e. The Morgan fingerprint density at radius 1 is 1.18 bits per heavy atom. The number of halogens is 2. The molecule has 2 aromatic rings. The Kier molecular flexibility index (Phi) is 4.25. The van der Waals surface area contributed by atoms with Crippen LogP contribution in [0.1, 0.15) is 11.3 Å². The van der Waals surface area contributed by atoms with Crippen molar-refractivity contribution in [2.75, 3.05) is 0 Å². The van der Waals surface area contributed by atoms with Gasteiger partial charge >= 0.3 is 0 Å². The predicted octanol–water partition coefficient (Wildman–Crippen LogP) is 3.80. The van der Waals surface area contributed by atoms with E-state index in [9.17, 15) is 5.11 Å². The van der Waals surface area contributed by atoms with E-state index in [2.05, 4.69) is 37.2 Å². The summed E-state index contributed by atoms with van der Waals surface area (Å²) in [5.41, 5.74) is 0.872. The normalized spacial score (nSPS) is 10.7. The molecule has 0 aliphatic heterocycles. The highest BCUT2D eigenvalue weighted by molar-refractivity contribution is 9.13. The molecule has 1 aromatic heterocycles. The standard InChI is InChI=1S/C12H11Br2NO2/c13-10-5-9(17-12(10)14)7-15-6-8-3-1-2-4-11(8)16/h1-5,15-16H,6-7H2. The minimum atomic E-state index is 0.307. The molecule has 2 rings (SSSR count). The highest BCUT2D eigenvalue weighted by Gasteiger charge is 2.06. The molecular formula is C12H11Br2NO2. The molecule has 0 aliphatic rings. The maximum absolute atomic E-state index is 9.58. The van der Waals surface area contributed by atoms with Crippen molar-refractivity contribution in [3.63, 3.8) is 0 Å². The van der Waals surface area contributed by atoms with E-state index < -0.39 is 0 Å². The minimum absolute atomic E-state index is 0.307. The lowest BCUT2D eigenvalue weighted by atomic mass is 10.2. The van der Waals surface area contributed by atoms with Gasteiger partial charge in [0.2, 0.25) is 0 Å². The average molecular weight is 361 g/mol. The first kappa shape index (κ1) is 12.7. The number of furan rings is 1. The number of nitrogens with one attached hydrogen (secondary N) is 1. The van der Waals surface area contributed by atoms with Crippen molar-refractivity contribution in [3.8, 4) is 5.75 Å². The van der Waals surface area contributed by atoms with Crippen molar-refractivity contribution < 1.29 is 9.52 Å². The molecule has 0 atom stereocenters. The fourth-order valence-corrected chi connectivity index (χ4v) is 2.12. The second-order valence-electron chi connectivity index (χ2n) is 3.57. The molecule has 0 unspecified atom stereocenters. The molecule has 2 N–H and O–H groups in total. The van der Waals surface area contributed by atoms with Crippen molar-refractivity contribution in [2.45, 2.75) is 13.1 Å². The van der Waals surface area contributed by atoms with Crippen LogP contribution in [-0.2, 0) is 13.1 Å². The van der Waals surface area contributed by atoms with E-state index in [0.29, 0.717) is 23.5 Å². The number of rotatable bonds is 4. The van der Waals surface area contributed by atoms with Gasteiger partial charge in [0.1, 0.15) is 11.5 Å². The molecular weight excluding hydrogens is 350 g/mol. The third-order valence-electron chi connectivity index (χ3n) is 2.30. The van der Waals surface area contributed by atoms with Gasteiger partial charge in [0.15, 0.2) is 4.67 Å². The largest absolute Gasteiger partial charge is 0.508 e. The molecule has 0 spiro atoms. The first-order valence-electron chi connectivity index (χ1n) is 5.08. The summed E-state index contributed by atoms with van der Waals surface area (Å²) in [6, 6.07) is 9.17. The molecule has 0 saturated carbocycles. The molecule has 0 aliphatic carbocycles. The summed E-state index contributed by atoms with van der Waals surface area (Å²) in [5.74, 6) is 1.14. The van der Waals surface area contributed by atoms with Crippen LogP contribution in [0.3, 0.4) is 0 Å². The third-order valence-corrected chi connectivity index (χ3v) is 4.01. The van der Waals surface area contributed by atoms with Crippen molar-refractivity contribution in [1.29, 1.82) is 0 Å². The van der Waals surface area contributed by atoms with Crippen molar-refractivity contribution >= 4 is 31.9 Å². The molecule has 0 fully saturated rings. The van der Waals surface area contributed by atoms with Crippen LogP contribution in [0.2, 0.25) is 0 Å². The summed E-state index contributed by atoms with van der Waals surface area (Å²) in [6.45, 7) is 1.21. The molecule has 0 bridgehead atoms. The van der Waals surface area contributed by atoms with Crippen LogP contribution >= 0.6 is 31.9 Å². The summed E-state index contributed by atoms with van der Waals surface area (Å²) in [4.78, 5) is 0.